The Kier molecular flexibility index (Phi) is 6.42. The molecule has 0 radical (unpaired) electrons. The number of fused-ring (bicyclic) bond motifs is 1. The molecule has 2 aliphatic rings. The van der Waals surface area contributed by atoms with Gasteiger partial charge in [-0.05, 0) is 63.4 Å². The zero-order chi connectivity index (χ0) is 18.7. The Hall–Kier alpha value is -1.64. The molecule has 0 heterocycles. The van der Waals surface area contributed by atoms with Gasteiger partial charge in [-0.1, -0.05) is 43.2 Å². The van der Waals surface area contributed by atoms with Crippen molar-refractivity contribution in [2.45, 2.75) is 66.4 Å². The largest absolute Gasteiger partial charge is 0.454 e. The molecule has 0 bridgehead atoms. The Morgan fingerprint density at radius 2 is 1.92 bits per heavy atom. The van der Waals surface area contributed by atoms with Crippen molar-refractivity contribution >= 4 is 11.8 Å². The highest BCUT2D eigenvalue weighted by Crippen LogP contribution is 2.47. The lowest BCUT2D eigenvalue weighted by Gasteiger charge is -2.43. The number of hydrogen-bond acceptors (Lipinski definition) is 3. The van der Waals surface area contributed by atoms with Gasteiger partial charge in [0.2, 0.25) is 0 Å². The highest BCUT2D eigenvalue weighted by Gasteiger charge is 2.41. The summed E-state index contributed by atoms with van der Waals surface area (Å²) < 4.78 is 5.48. The normalized spacial score (nSPS) is 28.3. The molecule has 2 aliphatic carbocycles. The van der Waals surface area contributed by atoms with Crippen LogP contribution in [0.5, 0.6) is 0 Å². The van der Waals surface area contributed by atoms with E-state index in [9.17, 15) is 9.59 Å². The van der Waals surface area contributed by atoms with Gasteiger partial charge in [0.05, 0.1) is 0 Å². The van der Waals surface area contributed by atoms with Gasteiger partial charge in [0, 0.05) is 12.8 Å². The fourth-order valence-electron chi connectivity index (χ4n) is 4.48. The van der Waals surface area contributed by atoms with E-state index in [1.807, 2.05) is 13.8 Å². The second kappa shape index (κ2) is 8.16. The van der Waals surface area contributed by atoms with E-state index in [1.54, 1.807) is 6.08 Å². The average molecular weight is 344 g/mol. The van der Waals surface area contributed by atoms with Crippen LogP contribution in [-0.4, -0.2) is 17.9 Å². The van der Waals surface area contributed by atoms with Crippen LogP contribution >= 0.6 is 0 Å². The second-order valence-electron chi connectivity index (χ2n) is 8.12. The average Bonchev–Trinajstić information content (AvgIpc) is 2.51. The van der Waals surface area contributed by atoms with Crippen molar-refractivity contribution in [3.05, 3.63) is 35.5 Å². The van der Waals surface area contributed by atoms with Crippen molar-refractivity contribution in [1.82, 2.24) is 0 Å². The molecule has 0 aromatic carbocycles. The van der Waals surface area contributed by atoms with E-state index in [1.165, 1.54) is 18.1 Å². The number of allylic oxidation sites excluding steroid dienone is 4. The van der Waals surface area contributed by atoms with Gasteiger partial charge in [0.15, 0.2) is 11.9 Å². The molecular weight excluding hydrogens is 312 g/mol. The smallest absolute Gasteiger partial charge is 0.303 e. The lowest BCUT2D eigenvalue weighted by molar-refractivity contribution is -0.155. The summed E-state index contributed by atoms with van der Waals surface area (Å²) in [6, 6.07) is 0. The molecule has 138 valence electrons. The molecule has 0 saturated heterocycles. The summed E-state index contributed by atoms with van der Waals surface area (Å²) in [5, 5.41) is 0. The van der Waals surface area contributed by atoms with Gasteiger partial charge < -0.3 is 4.74 Å². The highest BCUT2D eigenvalue weighted by atomic mass is 16.5. The molecule has 5 atom stereocenters. The van der Waals surface area contributed by atoms with Crippen LogP contribution in [0.25, 0.3) is 0 Å². The van der Waals surface area contributed by atoms with E-state index in [0.717, 1.165) is 31.3 Å². The summed E-state index contributed by atoms with van der Waals surface area (Å²) in [4.78, 5) is 24.3. The number of carbonyl (C=O) groups is 2. The summed E-state index contributed by atoms with van der Waals surface area (Å²) in [5.41, 5.74) is 3.52. The van der Waals surface area contributed by atoms with Crippen LogP contribution in [0.4, 0.5) is 0 Å². The van der Waals surface area contributed by atoms with Gasteiger partial charge in [-0.15, -0.1) is 0 Å². The first kappa shape index (κ1) is 19.7. The summed E-state index contributed by atoms with van der Waals surface area (Å²) >= 11 is 0. The zero-order valence-electron chi connectivity index (χ0n) is 16.3. The van der Waals surface area contributed by atoms with Crippen LogP contribution in [0.2, 0.25) is 0 Å². The highest BCUT2D eigenvalue weighted by molar-refractivity contribution is 5.95. The number of hydrogen-bond donors (Lipinski definition) is 0. The zero-order valence-corrected chi connectivity index (χ0v) is 16.3. The second-order valence-corrected chi connectivity index (χ2v) is 8.12. The Labute approximate surface area is 152 Å². The van der Waals surface area contributed by atoms with E-state index in [4.69, 9.17) is 4.74 Å². The Balaban J connectivity index is 2.31. The maximum absolute atomic E-state index is 12.7. The Bertz CT molecular complexity index is 607. The summed E-state index contributed by atoms with van der Waals surface area (Å²) in [6.45, 7) is 13.7. The van der Waals surface area contributed by atoms with E-state index in [2.05, 4.69) is 26.5 Å². The van der Waals surface area contributed by atoms with Crippen LogP contribution in [0.1, 0.15) is 60.3 Å². The van der Waals surface area contributed by atoms with Crippen LogP contribution in [0, 0.1) is 23.7 Å². The minimum absolute atomic E-state index is 0.0286. The van der Waals surface area contributed by atoms with Crippen molar-refractivity contribution in [3.8, 4) is 0 Å². The molecule has 0 aliphatic heterocycles. The number of carbonyl (C=O) groups excluding carboxylic acids is 2. The van der Waals surface area contributed by atoms with Crippen LogP contribution in [-0.2, 0) is 14.3 Å². The first-order valence-electron chi connectivity index (χ1n) is 9.46. The predicted octanol–water partition coefficient (Wildman–Crippen LogP) is 5.03. The molecular formula is C22H32O3. The summed E-state index contributed by atoms with van der Waals surface area (Å²) in [7, 11) is 0. The third-order valence-corrected chi connectivity index (χ3v) is 5.74. The molecule has 1 saturated carbocycles. The van der Waals surface area contributed by atoms with Gasteiger partial charge in [-0.2, -0.15) is 0 Å². The Morgan fingerprint density at radius 1 is 1.24 bits per heavy atom. The monoisotopic (exact) mass is 344 g/mol. The van der Waals surface area contributed by atoms with Crippen molar-refractivity contribution in [1.29, 1.82) is 0 Å². The lowest BCUT2D eigenvalue weighted by Crippen LogP contribution is -2.40. The third-order valence-electron chi connectivity index (χ3n) is 5.74. The third kappa shape index (κ3) is 4.71. The van der Waals surface area contributed by atoms with Crippen molar-refractivity contribution in [2.24, 2.45) is 23.7 Å². The standard InChI is InChI=1S/C22H32O3/c1-13(2)11-21(24)22(25-17(6)23)16(5)19-10-8-15(4)18-9-7-14(3)12-20(18)19/h11-12,15-16,18-19,22H,3,7-10H2,1-2,4-6H3. The van der Waals surface area contributed by atoms with Crippen molar-refractivity contribution in [2.75, 3.05) is 0 Å². The minimum Gasteiger partial charge on any atom is -0.454 e. The summed E-state index contributed by atoms with van der Waals surface area (Å²) in [5.74, 6) is 0.992. The fourth-order valence-corrected chi connectivity index (χ4v) is 4.48. The molecule has 25 heavy (non-hydrogen) atoms. The summed E-state index contributed by atoms with van der Waals surface area (Å²) in [6.07, 6.45) is 7.55. The predicted molar refractivity (Wildman–Crippen MR) is 101 cm³/mol. The van der Waals surface area contributed by atoms with E-state index >= 15 is 0 Å². The molecule has 0 aromatic rings. The molecule has 3 nitrogen and oxygen atoms in total. The van der Waals surface area contributed by atoms with E-state index in [-0.39, 0.29) is 17.6 Å². The van der Waals surface area contributed by atoms with Gasteiger partial charge in [0.25, 0.3) is 0 Å². The van der Waals surface area contributed by atoms with E-state index < -0.39 is 12.1 Å². The SMILES string of the molecule is C=C1C=C2C(CC1)C(C)CCC2C(C)C(OC(C)=O)C(=O)C=C(C)C. The first-order chi connectivity index (χ1) is 11.7. The maximum Gasteiger partial charge on any atom is 0.303 e. The molecule has 1 fully saturated rings. The first-order valence-corrected chi connectivity index (χ1v) is 9.46. The lowest BCUT2D eigenvalue weighted by atomic mass is 9.62. The molecule has 0 aromatic heterocycles. The maximum atomic E-state index is 12.7. The molecule has 0 spiro atoms. The quantitative estimate of drug-likeness (QED) is 0.519. The Morgan fingerprint density at radius 3 is 2.52 bits per heavy atom. The van der Waals surface area contributed by atoms with Crippen LogP contribution < -0.4 is 0 Å². The number of ketones is 1. The molecule has 5 unspecified atom stereocenters. The van der Waals surface area contributed by atoms with Gasteiger partial charge >= 0.3 is 5.97 Å². The van der Waals surface area contributed by atoms with E-state index in [0.29, 0.717) is 11.8 Å². The number of rotatable bonds is 5. The van der Waals surface area contributed by atoms with Gasteiger partial charge in [0.1, 0.15) is 0 Å². The fraction of sp³-hybridized carbons (Fsp3) is 0.636. The van der Waals surface area contributed by atoms with Crippen LogP contribution in [0.15, 0.2) is 35.5 Å². The molecule has 0 amide bonds. The molecule has 3 heteroatoms. The van der Waals surface area contributed by atoms with Crippen molar-refractivity contribution < 1.29 is 14.3 Å². The van der Waals surface area contributed by atoms with Crippen molar-refractivity contribution in [3.63, 3.8) is 0 Å². The molecule has 0 N–H and O–H groups in total. The molecule has 2 rings (SSSR count). The van der Waals surface area contributed by atoms with Gasteiger partial charge in [-0.3, -0.25) is 9.59 Å². The topological polar surface area (TPSA) is 43.4 Å². The minimum atomic E-state index is -0.706. The van der Waals surface area contributed by atoms with Crippen LogP contribution in [0.3, 0.4) is 0 Å². The van der Waals surface area contributed by atoms with Gasteiger partial charge in [-0.25, -0.2) is 0 Å². The number of esters is 1. The number of ether oxygens (including phenoxy) is 1.